The van der Waals surface area contributed by atoms with Crippen LogP contribution in [0.25, 0.3) is 6.08 Å². The van der Waals surface area contributed by atoms with Crippen LogP contribution in [-0.4, -0.2) is 32.1 Å². The number of nitrogens with one attached hydrogen (secondary N) is 1. The van der Waals surface area contributed by atoms with E-state index in [4.69, 9.17) is 14.2 Å². The summed E-state index contributed by atoms with van der Waals surface area (Å²) in [6, 6.07) is 13.5. The molecule has 0 unspecified atom stereocenters. The van der Waals surface area contributed by atoms with Crippen molar-refractivity contribution < 1.29 is 23.8 Å². The number of hydrogen-bond donors (Lipinski definition) is 1. The molecule has 0 fully saturated rings. The van der Waals surface area contributed by atoms with E-state index in [9.17, 15) is 14.9 Å². The van der Waals surface area contributed by atoms with Crippen LogP contribution in [0.1, 0.15) is 5.56 Å². The first kappa shape index (κ1) is 22.7. The number of methoxy groups -OCH3 is 1. The van der Waals surface area contributed by atoms with Gasteiger partial charge in [-0.15, -0.1) is 6.58 Å². The molecule has 154 valence electrons. The summed E-state index contributed by atoms with van der Waals surface area (Å²) in [6.07, 6.45) is 2.92. The lowest BCUT2D eigenvalue weighted by Crippen LogP contribution is -2.24. The van der Waals surface area contributed by atoms with Gasteiger partial charge in [-0.1, -0.05) is 28.1 Å². The fraction of sp³-hybridized carbons (Fsp3) is 0.136. The minimum absolute atomic E-state index is 0.0773. The minimum atomic E-state index is -0.610. The van der Waals surface area contributed by atoms with E-state index in [-0.39, 0.29) is 30.2 Å². The van der Waals surface area contributed by atoms with Gasteiger partial charge in [0.2, 0.25) is 0 Å². The van der Waals surface area contributed by atoms with E-state index in [1.54, 1.807) is 36.4 Å². The van der Waals surface area contributed by atoms with E-state index in [0.717, 1.165) is 4.47 Å². The van der Waals surface area contributed by atoms with Gasteiger partial charge in [0.25, 0.3) is 5.91 Å². The second-order valence-electron chi connectivity index (χ2n) is 5.80. The topological polar surface area (TPSA) is 97.7 Å². The molecule has 2 rings (SSSR count). The van der Waals surface area contributed by atoms with Gasteiger partial charge in [-0.2, -0.15) is 5.26 Å². The summed E-state index contributed by atoms with van der Waals surface area (Å²) in [4.78, 5) is 24.0. The maximum Gasteiger partial charge on any atom is 0.349 e. The molecule has 0 spiro atoms. The zero-order valence-electron chi connectivity index (χ0n) is 16.2. The molecule has 0 radical (unpaired) electrons. The van der Waals surface area contributed by atoms with Crippen molar-refractivity contribution in [3.63, 3.8) is 0 Å². The minimum Gasteiger partial charge on any atom is -0.493 e. The first-order chi connectivity index (χ1) is 14.5. The number of nitriles is 1. The largest absolute Gasteiger partial charge is 0.493 e. The summed E-state index contributed by atoms with van der Waals surface area (Å²) < 4.78 is 16.8. The summed E-state index contributed by atoms with van der Waals surface area (Å²) in [6.45, 7) is 3.47. The lowest BCUT2D eigenvalue weighted by Gasteiger charge is -2.11. The fourth-order valence-corrected chi connectivity index (χ4v) is 2.52. The number of carbonyl (C=O) groups excluding carboxylic acids is 2. The average Bonchev–Trinajstić information content (AvgIpc) is 2.76. The normalized spacial score (nSPS) is 10.5. The fourth-order valence-electron chi connectivity index (χ4n) is 2.26. The molecule has 0 saturated heterocycles. The van der Waals surface area contributed by atoms with Gasteiger partial charge >= 0.3 is 5.97 Å². The maximum absolute atomic E-state index is 12.1. The summed E-state index contributed by atoms with van der Waals surface area (Å²) in [5, 5.41) is 11.7. The molecular formula is C22H19BrN2O5. The highest BCUT2D eigenvalue weighted by Crippen LogP contribution is 2.29. The molecule has 0 atom stereocenters. The number of halogens is 1. The molecular weight excluding hydrogens is 452 g/mol. The first-order valence-electron chi connectivity index (χ1n) is 8.74. The molecule has 0 saturated carbocycles. The third kappa shape index (κ3) is 6.79. The van der Waals surface area contributed by atoms with Crippen LogP contribution in [0.5, 0.6) is 17.2 Å². The predicted octanol–water partition coefficient (Wildman–Crippen LogP) is 3.65. The molecule has 0 bridgehead atoms. The van der Waals surface area contributed by atoms with Crippen LogP contribution < -0.4 is 19.5 Å². The van der Waals surface area contributed by atoms with E-state index in [0.29, 0.717) is 11.3 Å². The van der Waals surface area contributed by atoms with Crippen LogP contribution in [0, 0.1) is 11.3 Å². The summed E-state index contributed by atoms with van der Waals surface area (Å²) in [5.74, 6) is -0.141. The second-order valence-corrected chi connectivity index (χ2v) is 6.71. The highest BCUT2D eigenvalue weighted by atomic mass is 79.9. The molecule has 0 aliphatic carbocycles. The van der Waals surface area contributed by atoms with Gasteiger partial charge < -0.3 is 19.5 Å². The standard InChI is InChI=1S/C22H19BrN2O5/c1-3-10-25-22(27)16(13-24)11-15-4-9-19(20(12-15)28-2)30-21(26)14-29-18-7-5-17(23)6-8-18/h3-9,11-12H,1,10,14H2,2H3,(H,25,27). The van der Waals surface area contributed by atoms with Crippen molar-refractivity contribution in [2.75, 3.05) is 20.3 Å². The van der Waals surface area contributed by atoms with Crippen molar-refractivity contribution >= 4 is 33.9 Å². The van der Waals surface area contributed by atoms with Crippen LogP contribution in [0.15, 0.2) is 65.2 Å². The Labute approximate surface area is 182 Å². The van der Waals surface area contributed by atoms with Gasteiger partial charge in [0.05, 0.1) is 7.11 Å². The summed E-state index contributed by atoms with van der Waals surface area (Å²) >= 11 is 3.32. The SMILES string of the molecule is C=CCNC(=O)C(C#N)=Cc1ccc(OC(=O)COc2ccc(Br)cc2)c(OC)c1. The number of hydrogen-bond acceptors (Lipinski definition) is 6. The van der Waals surface area contributed by atoms with Gasteiger partial charge in [-0.25, -0.2) is 4.79 Å². The highest BCUT2D eigenvalue weighted by molar-refractivity contribution is 9.10. The van der Waals surface area contributed by atoms with Gasteiger partial charge in [0.15, 0.2) is 18.1 Å². The second kappa shape index (κ2) is 11.4. The Morgan fingerprint density at radius 2 is 1.93 bits per heavy atom. The molecule has 2 aromatic carbocycles. The van der Waals surface area contributed by atoms with E-state index < -0.39 is 11.9 Å². The Morgan fingerprint density at radius 1 is 1.20 bits per heavy atom. The van der Waals surface area contributed by atoms with Crippen molar-refractivity contribution in [1.82, 2.24) is 5.32 Å². The Morgan fingerprint density at radius 3 is 2.57 bits per heavy atom. The number of nitrogens with zero attached hydrogens (tertiary/aromatic N) is 1. The Balaban J connectivity index is 2.07. The molecule has 0 heterocycles. The zero-order chi connectivity index (χ0) is 21.9. The number of amides is 1. The smallest absolute Gasteiger partial charge is 0.349 e. The van der Waals surface area contributed by atoms with E-state index in [1.165, 1.54) is 25.3 Å². The van der Waals surface area contributed by atoms with E-state index >= 15 is 0 Å². The first-order valence-corrected chi connectivity index (χ1v) is 9.54. The number of esters is 1. The lowest BCUT2D eigenvalue weighted by molar-refractivity contribution is -0.136. The van der Waals surface area contributed by atoms with Crippen molar-refractivity contribution in [3.05, 3.63) is 70.7 Å². The Bertz CT molecular complexity index is 994. The molecule has 0 aliphatic rings. The quantitative estimate of drug-likeness (QED) is 0.197. The van der Waals surface area contributed by atoms with Crippen LogP contribution in [0.4, 0.5) is 0 Å². The van der Waals surface area contributed by atoms with Crippen molar-refractivity contribution in [2.45, 2.75) is 0 Å². The van der Waals surface area contributed by atoms with E-state index in [2.05, 4.69) is 27.8 Å². The molecule has 1 N–H and O–H groups in total. The molecule has 1 amide bonds. The van der Waals surface area contributed by atoms with Gasteiger partial charge in [0.1, 0.15) is 17.4 Å². The summed E-state index contributed by atoms with van der Waals surface area (Å²) in [7, 11) is 1.42. The van der Waals surface area contributed by atoms with Crippen LogP contribution >= 0.6 is 15.9 Å². The predicted molar refractivity (Wildman–Crippen MR) is 115 cm³/mol. The lowest BCUT2D eigenvalue weighted by atomic mass is 10.1. The van der Waals surface area contributed by atoms with Gasteiger partial charge in [-0.3, -0.25) is 4.79 Å². The molecule has 7 nitrogen and oxygen atoms in total. The number of rotatable bonds is 9. The van der Waals surface area contributed by atoms with Crippen molar-refractivity contribution in [3.8, 4) is 23.3 Å². The van der Waals surface area contributed by atoms with Crippen LogP contribution in [-0.2, 0) is 9.59 Å². The van der Waals surface area contributed by atoms with Crippen molar-refractivity contribution in [1.29, 1.82) is 5.26 Å². The van der Waals surface area contributed by atoms with Gasteiger partial charge in [0, 0.05) is 11.0 Å². The highest BCUT2D eigenvalue weighted by Gasteiger charge is 2.13. The van der Waals surface area contributed by atoms with Crippen molar-refractivity contribution in [2.24, 2.45) is 0 Å². The third-order valence-electron chi connectivity index (χ3n) is 3.66. The number of benzene rings is 2. The molecule has 30 heavy (non-hydrogen) atoms. The molecule has 0 aromatic heterocycles. The summed E-state index contributed by atoms with van der Waals surface area (Å²) in [5.41, 5.74) is 0.453. The monoisotopic (exact) mass is 470 g/mol. The van der Waals surface area contributed by atoms with Gasteiger partial charge in [-0.05, 0) is 48.0 Å². The average molecular weight is 471 g/mol. The number of ether oxygens (including phenoxy) is 3. The Kier molecular flexibility index (Phi) is 8.66. The maximum atomic E-state index is 12.1. The zero-order valence-corrected chi connectivity index (χ0v) is 17.8. The molecule has 2 aromatic rings. The van der Waals surface area contributed by atoms with E-state index in [1.807, 2.05) is 6.07 Å². The number of carbonyl (C=O) groups is 2. The molecule has 0 aliphatic heterocycles. The van der Waals surface area contributed by atoms with Crippen LogP contribution in [0.2, 0.25) is 0 Å². The van der Waals surface area contributed by atoms with Crippen LogP contribution in [0.3, 0.4) is 0 Å². The molecule has 8 heteroatoms. The Hall–Kier alpha value is -3.57. The third-order valence-corrected chi connectivity index (χ3v) is 4.19.